The van der Waals surface area contributed by atoms with Crippen molar-refractivity contribution >= 4 is 0 Å². The van der Waals surface area contributed by atoms with Gasteiger partial charge >= 0.3 is 0 Å². The average molecular weight is 539 g/mol. The number of benzene rings is 4. The number of hydrogen-bond donors (Lipinski definition) is 1. The van der Waals surface area contributed by atoms with Gasteiger partial charge in [-0.3, -0.25) is 0 Å². The second kappa shape index (κ2) is 14.9. The van der Waals surface area contributed by atoms with Gasteiger partial charge in [0, 0.05) is 5.92 Å². The molecule has 0 amide bonds. The summed E-state index contributed by atoms with van der Waals surface area (Å²) >= 11 is 0. The maximum absolute atomic E-state index is 11.4. The van der Waals surface area contributed by atoms with Crippen LogP contribution in [0.25, 0.3) is 0 Å². The summed E-state index contributed by atoms with van der Waals surface area (Å²) in [5.41, 5.74) is 4.30. The highest BCUT2D eigenvalue weighted by molar-refractivity contribution is 5.16. The normalized spacial score (nSPS) is 22.7. The second-order valence-electron chi connectivity index (χ2n) is 10.3. The lowest BCUT2D eigenvalue weighted by Crippen LogP contribution is -2.57. The van der Waals surface area contributed by atoms with Crippen LogP contribution in [0.1, 0.15) is 28.7 Å². The molecule has 0 saturated heterocycles. The largest absolute Gasteiger partial charge is 0.390 e. The van der Waals surface area contributed by atoms with Crippen LogP contribution in [0.15, 0.2) is 121 Å². The van der Waals surface area contributed by atoms with E-state index in [1.165, 1.54) is 0 Å². The fourth-order valence-corrected chi connectivity index (χ4v) is 5.24. The first kappa shape index (κ1) is 28.2. The molecule has 5 atom stereocenters. The molecule has 0 bridgehead atoms. The lowest BCUT2D eigenvalue weighted by Gasteiger charge is -2.44. The third-order valence-electron chi connectivity index (χ3n) is 7.33. The van der Waals surface area contributed by atoms with E-state index in [2.05, 4.69) is 24.3 Å². The first-order valence-corrected chi connectivity index (χ1v) is 14.0. The van der Waals surface area contributed by atoms with Crippen molar-refractivity contribution in [3.05, 3.63) is 144 Å². The van der Waals surface area contributed by atoms with E-state index in [4.69, 9.17) is 18.9 Å². The summed E-state index contributed by atoms with van der Waals surface area (Å²) in [4.78, 5) is 0. The first-order valence-electron chi connectivity index (χ1n) is 14.0. The molecular formula is C35H38O5. The molecular weight excluding hydrogens is 500 g/mol. The van der Waals surface area contributed by atoms with Crippen LogP contribution in [0.3, 0.4) is 0 Å². The van der Waals surface area contributed by atoms with Gasteiger partial charge in [-0.15, -0.1) is 0 Å². The molecule has 1 fully saturated rings. The van der Waals surface area contributed by atoms with Gasteiger partial charge < -0.3 is 24.1 Å². The summed E-state index contributed by atoms with van der Waals surface area (Å²) in [6.07, 6.45) is -1.58. The molecule has 0 aliphatic heterocycles. The Morgan fingerprint density at radius 3 is 1.30 bits per heavy atom. The summed E-state index contributed by atoms with van der Waals surface area (Å²) in [6, 6.07) is 40.4. The predicted molar refractivity (Wildman–Crippen MR) is 155 cm³/mol. The molecule has 4 aromatic rings. The van der Waals surface area contributed by atoms with Gasteiger partial charge in [0.1, 0.15) is 12.2 Å². The summed E-state index contributed by atoms with van der Waals surface area (Å²) in [6.45, 7) is 2.16. The Morgan fingerprint density at radius 2 is 0.850 bits per heavy atom. The van der Waals surface area contributed by atoms with Gasteiger partial charge in [0.15, 0.2) is 0 Å². The molecule has 1 aliphatic carbocycles. The van der Waals surface area contributed by atoms with E-state index in [0.717, 1.165) is 22.3 Å². The third kappa shape index (κ3) is 8.10. The molecule has 40 heavy (non-hydrogen) atoms. The maximum atomic E-state index is 11.4. The fraction of sp³-hybridized carbons (Fsp3) is 0.314. The highest BCUT2D eigenvalue weighted by Gasteiger charge is 2.46. The Hall–Kier alpha value is -3.32. The standard InChI is InChI=1S/C35H38O5/c36-32-21-31(26-37-22-27-13-5-1-6-14-27)33(38-23-28-15-7-2-8-16-28)35(40-25-30-19-11-4-12-20-30)34(32)39-24-29-17-9-3-10-18-29/h1-20,31-36H,21-26H2/t31?,32-,33+,34-,35-/m0/s1. The van der Waals surface area contributed by atoms with Crippen LogP contribution in [0.2, 0.25) is 0 Å². The van der Waals surface area contributed by atoms with Crippen LogP contribution in [0.4, 0.5) is 0 Å². The highest BCUT2D eigenvalue weighted by Crippen LogP contribution is 2.34. The quantitative estimate of drug-likeness (QED) is 0.215. The van der Waals surface area contributed by atoms with Gasteiger partial charge in [-0.25, -0.2) is 0 Å². The summed E-state index contributed by atoms with van der Waals surface area (Å²) in [7, 11) is 0. The number of rotatable bonds is 13. The zero-order chi connectivity index (χ0) is 27.4. The molecule has 5 nitrogen and oxygen atoms in total. The van der Waals surface area contributed by atoms with Crippen LogP contribution in [-0.4, -0.2) is 36.1 Å². The minimum absolute atomic E-state index is 0.0697. The maximum Gasteiger partial charge on any atom is 0.113 e. The molecule has 4 aromatic carbocycles. The van der Waals surface area contributed by atoms with Gasteiger partial charge in [0.2, 0.25) is 0 Å². The number of hydrogen-bond acceptors (Lipinski definition) is 5. The summed E-state index contributed by atoms with van der Waals surface area (Å²) < 4.78 is 25.8. The molecule has 0 radical (unpaired) electrons. The van der Waals surface area contributed by atoms with Gasteiger partial charge in [0.25, 0.3) is 0 Å². The van der Waals surface area contributed by atoms with Crippen LogP contribution < -0.4 is 0 Å². The summed E-state index contributed by atoms with van der Waals surface area (Å²) in [5, 5.41) is 11.4. The van der Waals surface area contributed by atoms with Crippen molar-refractivity contribution in [2.24, 2.45) is 5.92 Å². The Morgan fingerprint density at radius 1 is 0.475 bits per heavy atom. The highest BCUT2D eigenvalue weighted by atomic mass is 16.6. The van der Waals surface area contributed by atoms with Crippen LogP contribution in [-0.2, 0) is 45.4 Å². The average Bonchev–Trinajstić information content (AvgIpc) is 3.01. The van der Waals surface area contributed by atoms with Crippen LogP contribution >= 0.6 is 0 Å². The van der Waals surface area contributed by atoms with E-state index in [9.17, 15) is 5.11 Å². The molecule has 0 spiro atoms. The first-order chi connectivity index (χ1) is 19.8. The van der Waals surface area contributed by atoms with E-state index in [1.807, 2.05) is 97.1 Å². The molecule has 1 unspecified atom stereocenters. The van der Waals surface area contributed by atoms with Crippen molar-refractivity contribution < 1.29 is 24.1 Å². The number of aliphatic hydroxyl groups is 1. The van der Waals surface area contributed by atoms with Crippen molar-refractivity contribution in [1.29, 1.82) is 0 Å². The summed E-state index contributed by atoms with van der Waals surface area (Å²) in [5.74, 6) is -0.0697. The van der Waals surface area contributed by atoms with Crippen LogP contribution in [0.5, 0.6) is 0 Å². The van der Waals surface area contributed by atoms with Gasteiger partial charge in [-0.05, 0) is 28.7 Å². The Balaban J connectivity index is 1.36. The molecule has 5 heteroatoms. The Labute approximate surface area is 237 Å². The molecule has 5 rings (SSSR count). The predicted octanol–water partition coefficient (Wildman–Crippen LogP) is 6.34. The molecule has 1 saturated carbocycles. The van der Waals surface area contributed by atoms with E-state index < -0.39 is 18.3 Å². The van der Waals surface area contributed by atoms with Gasteiger partial charge in [0.05, 0.1) is 45.2 Å². The molecule has 1 aliphatic rings. The van der Waals surface area contributed by atoms with E-state index >= 15 is 0 Å². The lowest BCUT2D eigenvalue weighted by molar-refractivity contribution is -0.224. The van der Waals surface area contributed by atoms with Crippen molar-refractivity contribution in [3.8, 4) is 0 Å². The zero-order valence-electron chi connectivity index (χ0n) is 22.8. The third-order valence-corrected chi connectivity index (χ3v) is 7.33. The smallest absolute Gasteiger partial charge is 0.113 e. The minimum atomic E-state index is -0.716. The van der Waals surface area contributed by atoms with Crippen molar-refractivity contribution in [2.45, 2.75) is 57.3 Å². The molecule has 0 aromatic heterocycles. The topological polar surface area (TPSA) is 57.2 Å². The van der Waals surface area contributed by atoms with Gasteiger partial charge in [-0.1, -0.05) is 121 Å². The Kier molecular flexibility index (Phi) is 10.5. The Bertz CT molecular complexity index is 1240. The fourth-order valence-electron chi connectivity index (χ4n) is 5.24. The van der Waals surface area contributed by atoms with E-state index in [1.54, 1.807) is 0 Å². The monoisotopic (exact) mass is 538 g/mol. The molecule has 0 heterocycles. The lowest BCUT2D eigenvalue weighted by atomic mass is 9.80. The number of ether oxygens (including phenoxy) is 4. The van der Waals surface area contributed by atoms with Crippen molar-refractivity contribution in [1.82, 2.24) is 0 Å². The van der Waals surface area contributed by atoms with Crippen molar-refractivity contribution in [2.75, 3.05) is 6.61 Å². The molecule has 1 N–H and O–H groups in total. The zero-order valence-corrected chi connectivity index (χ0v) is 22.8. The molecule has 208 valence electrons. The SMILES string of the molecule is O[C@H]1CC(COCc2ccccc2)[C@@H](OCc2ccccc2)[C@H](OCc2ccccc2)[C@H]1OCc1ccccc1. The van der Waals surface area contributed by atoms with E-state index in [0.29, 0.717) is 39.5 Å². The second-order valence-corrected chi connectivity index (χ2v) is 10.3. The van der Waals surface area contributed by atoms with E-state index in [-0.39, 0.29) is 12.0 Å². The van der Waals surface area contributed by atoms with Crippen LogP contribution in [0, 0.1) is 5.92 Å². The minimum Gasteiger partial charge on any atom is -0.390 e. The van der Waals surface area contributed by atoms with Crippen molar-refractivity contribution in [3.63, 3.8) is 0 Å². The number of aliphatic hydroxyl groups excluding tert-OH is 1. The van der Waals surface area contributed by atoms with Gasteiger partial charge in [-0.2, -0.15) is 0 Å².